The van der Waals surface area contributed by atoms with Crippen LogP contribution in [0.3, 0.4) is 0 Å². The van der Waals surface area contributed by atoms with E-state index in [1.807, 2.05) is 31.6 Å². The molecular formula is C12H20N6O. The van der Waals surface area contributed by atoms with Crippen LogP contribution >= 0.6 is 0 Å². The molecule has 0 spiro atoms. The molecular weight excluding hydrogens is 244 g/mol. The molecule has 0 radical (unpaired) electrons. The zero-order chi connectivity index (χ0) is 14.0. The number of hydrazine groups is 1. The van der Waals surface area contributed by atoms with Crippen LogP contribution in [0.4, 0.5) is 0 Å². The van der Waals surface area contributed by atoms with Gasteiger partial charge in [0.15, 0.2) is 5.75 Å². The van der Waals surface area contributed by atoms with Gasteiger partial charge in [0.25, 0.3) is 0 Å². The van der Waals surface area contributed by atoms with Crippen molar-refractivity contribution in [2.45, 2.75) is 26.4 Å². The van der Waals surface area contributed by atoms with Crippen LogP contribution in [0.15, 0.2) is 12.3 Å². The SMILES string of the molecule is CCn1nc(C)cc1C(NN)c1c(OC)cnn1C. The molecule has 0 aliphatic heterocycles. The number of methoxy groups -OCH3 is 1. The van der Waals surface area contributed by atoms with E-state index in [9.17, 15) is 0 Å². The number of hydrogen-bond donors (Lipinski definition) is 2. The van der Waals surface area contributed by atoms with Crippen LogP contribution in [0.2, 0.25) is 0 Å². The first-order valence-corrected chi connectivity index (χ1v) is 6.18. The monoisotopic (exact) mass is 264 g/mol. The third kappa shape index (κ3) is 2.34. The maximum absolute atomic E-state index is 5.73. The Morgan fingerprint density at radius 1 is 1.53 bits per heavy atom. The highest BCUT2D eigenvalue weighted by Crippen LogP contribution is 2.29. The summed E-state index contributed by atoms with van der Waals surface area (Å²) in [4.78, 5) is 0. The Kier molecular flexibility index (Phi) is 3.87. The van der Waals surface area contributed by atoms with Crippen LogP contribution in [0.25, 0.3) is 0 Å². The fourth-order valence-corrected chi connectivity index (χ4v) is 2.27. The van der Waals surface area contributed by atoms with E-state index in [-0.39, 0.29) is 6.04 Å². The molecule has 2 aromatic heterocycles. The number of nitrogens with two attached hydrogens (primary N) is 1. The molecule has 0 aliphatic carbocycles. The summed E-state index contributed by atoms with van der Waals surface area (Å²) < 4.78 is 9.02. The van der Waals surface area contributed by atoms with Crippen molar-refractivity contribution in [3.8, 4) is 5.75 Å². The lowest BCUT2D eigenvalue weighted by atomic mass is 10.1. The van der Waals surface area contributed by atoms with Crippen molar-refractivity contribution in [2.24, 2.45) is 12.9 Å². The third-order valence-electron chi connectivity index (χ3n) is 3.14. The van der Waals surface area contributed by atoms with Gasteiger partial charge in [0.05, 0.1) is 24.7 Å². The summed E-state index contributed by atoms with van der Waals surface area (Å²) >= 11 is 0. The summed E-state index contributed by atoms with van der Waals surface area (Å²) in [6, 6.07) is 1.80. The molecule has 2 aromatic rings. The lowest BCUT2D eigenvalue weighted by molar-refractivity contribution is 0.398. The predicted octanol–water partition coefficient (Wildman–Crippen LogP) is 0.506. The fourth-order valence-electron chi connectivity index (χ4n) is 2.27. The number of aromatic nitrogens is 4. The fraction of sp³-hybridized carbons (Fsp3) is 0.500. The molecule has 3 N–H and O–H groups in total. The van der Waals surface area contributed by atoms with Crippen LogP contribution in [-0.4, -0.2) is 26.7 Å². The Hall–Kier alpha value is -1.86. The quantitative estimate of drug-likeness (QED) is 0.607. The molecule has 1 atom stereocenters. The van der Waals surface area contributed by atoms with Gasteiger partial charge in [0.1, 0.15) is 11.7 Å². The van der Waals surface area contributed by atoms with Gasteiger partial charge in [0.2, 0.25) is 0 Å². The highest BCUT2D eigenvalue weighted by atomic mass is 16.5. The van der Waals surface area contributed by atoms with Gasteiger partial charge in [-0.3, -0.25) is 15.2 Å². The Labute approximate surface area is 112 Å². The van der Waals surface area contributed by atoms with Crippen molar-refractivity contribution in [1.29, 1.82) is 0 Å². The summed E-state index contributed by atoms with van der Waals surface area (Å²) in [5.41, 5.74) is 5.64. The minimum Gasteiger partial charge on any atom is -0.493 e. The Balaban J connectivity index is 2.52. The van der Waals surface area contributed by atoms with Crippen molar-refractivity contribution < 1.29 is 4.74 Å². The maximum Gasteiger partial charge on any atom is 0.162 e. The minimum atomic E-state index is -0.219. The summed E-state index contributed by atoms with van der Waals surface area (Å²) in [5, 5.41) is 8.65. The van der Waals surface area contributed by atoms with Gasteiger partial charge in [-0.05, 0) is 19.9 Å². The summed E-state index contributed by atoms with van der Waals surface area (Å²) in [6.45, 7) is 4.79. The Bertz CT molecular complexity index is 559. The van der Waals surface area contributed by atoms with Crippen LogP contribution in [0, 0.1) is 6.92 Å². The summed E-state index contributed by atoms with van der Waals surface area (Å²) in [5.74, 6) is 6.43. The number of rotatable bonds is 5. The molecule has 19 heavy (non-hydrogen) atoms. The second-order valence-corrected chi connectivity index (χ2v) is 4.35. The summed E-state index contributed by atoms with van der Waals surface area (Å²) in [6.07, 6.45) is 1.68. The molecule has 0 aromatic carbocycles. The molecule has 0 fully saturated rings. The zero-order valence-electron chi connectivity index (χ0n) is 11.7. The molecule has 2 heterocycles. The first-order chi connectivity index (χ1) is 9.12. The van der Waals surface area contributed by atoms with Crippen LogP contribution in [0.1, 0.15) is 30.0 Å². The molecule has 7 nitrogen and oxygen atoms in total. The van der Waals surface area contributed by atoms with Crippen molar-refractivity contribution in [1.82, 2.24) is 25.0 Å². The molecule has 0 aliphatic rings. The molecule has 1 unspecified atom stereocenters. The third-order valence-corrected chi connectivity index (χ3v) is 3.14. The highest BCUT2D eigenvalue weighted by Gasteiger charge is 2.24. The van der Waals surface area contributed by atoms with Gasteiger partial charge in [-0.15, -0.1) is 0 Å². The van der Waals surface area contributed by atoms with Crippen molar-refractivity contribution >= 4 is 0 Å². The number of aryl methyl sites for hydroxylation is 3. The first kappa shape index (κ1) is 13.6. The van der Waals surface area contributed by atoms with Gasteiger partial charge in [-0.25, -0.2) is 5.43 Å². The van der Waals surface area contributed by atoms with Crippen LogP contribution < -0.4 is 16.0 Å². The number of nitrogens with zero attached hydrogens (tertiary/aromatic N) is 4. The van der Waals surface area contributed by atoms with Gasteiger partial charge in [-0.2, -0.15) is 10.2 Å². The molecule has 0 bridgehead atoms. The zero-order valence-corrected chi connectivity index (χ0v) is 11.7. The van der Waals surface area contributed by atoms with Crippen molar-refractivity contribution in [2.75, 3.05) is 7.11 Å². The van der Waals surface area contributed by atoms with E-state index < -0.39 is 0 Å². The average Bonchev–Trinajstić information content (AvgIpc) is 2.95. The van der Waals surface area contributed by atoms with E-state index in [4.69, 9.17) is 10.6 Å². The van der Waals surface area contributed by atoms with Crippen molar-refractivity contribution in [3.63, 3.8) is 0 Å². The van der Waals surface area contributed by atoms with E-state index >= 15 is 0 Å². The lowest BCUT2D eigenvalue weighted by Gasteiger charge is -2.18. The molecule has 0 saturated heterocycles. The van der Waals surface area contributed by atoms with Crippen LogP contribution in [0.5, 0.6) is 5.75 Å². The Morgan fingerprint density at radius 3 is 2.84 bits per heavy atom. The van der Waals surface area contributed by atoms with Crippen LogP contribution in [-0.2, 0) is 13.6 Å². The van der Waals surface area contributed by atoms with E-state index in [0.29, 0.717) is 5.75 Å². The van der Waals surface area contributed by atoms with Gasteiger partial charge >= 0.3 is 0 Å². The molecule has 104 valence electrons. The smallest absolute Gasteiger partial charge is 0.162 e. The first-order valence-electron chi connectivity index (χ1n) is 6.18. The second-order valence-electron chi connectivity index (χ2n) is 4.35. The highest BCUT2D eigenvalue weighted by molar-refractivity contribution is 5.34. The molecule has 2 rings (SSSR count). The maximum atomic E-state index is 5.73. The number of hydrogen-bond acceptors (Lipinski definition) is 5. The van der Waals surface area contributed by atoms with E-state index in [2.05, 4.69) is 15.6 Å². The molecule has 0 amide bonds. The summed E-state index contributed by atoms with van der Waals surface area (Å²) in [7, 11) is 3.48. The normalized spacial score (nSPS) is 12.7. The minimum absolute atomic E-state index is 0.219. The topological polar surface area (TPSA) is 82.9 Å². The number of nitrogens with one attached hydrogen (secondary N) is 1. The standard InChI is InChI=1S/C12H20N6O/c1-5-18-9(6-8(2)16-18)11(15-13)12-10(19-4)7-14-17(12)3/h6-7,11,15H,5,13H2,1-4H3. The average molecular weight is 264 g/mol. The number of ether oxygens (including phenoxy) is 1. The largest absolute Gasteiger partial charge is 0.493 e. The Morgan fingerprint density at radius 2 is 2.26 bits per heavy atom. The van der Waals surface area contributed by atoms with E-state index in [1.165, 1.54) is 0 Å². The molecule has 7 heteroatoms. The second kappa shape index (κ2) is 5.41. The van der Waals surface area contributed by atoms with Gasteiger partial charge in [-0.1, -0.05) is 0 Å². The van der Waals surface area contributed by atoms with E-state index in [0.717, 1.165) is 23.6 Å². The predicted molar refractivity (Wildman–Crippen MR) is 71.6 cm³/mol. The van der Waals surface area contributed by atoms with Gasteiger partial charge in [0, 0.05) is 13.6 Å². The molecule has 0 saturated carbocycles. The van der Waals surface area contributed by atoms with Gasteiger partial charge < -0.3 is 4.74 Å². The lowest BCUT2D eigenvalue weighted by Crippen LogP contribution is -2.32. The van der Waals surface area contributed by atoms with Crippen molar-refractivity contribution in [3.05, 3.63) is 29.3 Å². The van der Waals surface area contributed by atoms with E-state index in [1.54, 1.807) is 18.0 Å².